The molecule has 23 heavy (non-hydrogen) atoms. The van der Waals surface area contributed by atoms with E-state index in [-0.39, 0.29) is 6.03 Å². The highest BCUT2D eigenvalue weighted by atomic mass is 16.3. The number of amides is 2. The number of nitrogens with one attached hydrogen (secondary N) is 1. The van der Waals surface area contributed by atoms with Crippen molar-refractivity contribution in [3.63, 3.8) is 0 Å². The molecule has 1 N–H and O–H groups in total. The van der Waals surface area contributed by atoms with Crippen LogP contribution in [0.15, 0.2) is 46.9 Å². The highest BCUT2D eigenvalue weighted by Gasteiger charge is 2.20. The number of hydrogen-bond donors (Lipinski definition) is 1. The molecule has 5 heteroatoms. The van der Waals surface area contributed by atoms with E-state index < -0.39 is 0 Å². The molecule has 2 aromatic carbocycles. The number of fused-ring (bicyclic) bond motifs is 2. The first kappa shape index (κ1) is 13.8. The monoisotopic (exact) mass is 307 g/mol. The lowest BCUT2D eigenvalue weighted by atomic mass is 10.0. The van der Waals surface area contributed by atoms with Gasteiger partial charge in [0.05, 0.1) is 0 Å². The van der Waals surface area contributed by atoms with E-state index >= 15 is 0 Å². The van der Waals surface area contributed by atoms with Gasteiger partial charge in [-0.1, -0.05) is 24.3 Å². The number of anilines is 1. The fraction of sp³-hybridized carbons (Fsp3) is 0.222. The Hall–Kier alpha value is -2.82. The molecule has 5 nitrogen and oxygen atoms in total. The minimum Gasteiger partial charge on any atom is -0.441 e. The third kappa shape index (κ3) is 2.65. The topological polar surface area (TPSA) is 58.4 Å². The Balaban J connectivity index is 1.51. The standard InChI is InChI=1S/C18H17N3O2/c1-12-19-16-7-6-15(10-17(16)23-12)20-18(22)21-9-8-13-4-2-3-5-14(13)11-21/h2-7,10H,8-9,11H2,1H3,(H,20,22). The maximum Gasteiger partial charge on any atom is 0.322 e. The third-order valence-electron chi connectivity index (χ3n) is 4.16. The second-order valence-corrected chi connectivity index (χ2v) is 5.79. The molecule has 2 heterocycles. The van der Waals surface area contributed by atoms with Crippen LogP contribution in [0.2, 0.25) is 0 Å². The van der Waals surface area contributed by atoms with Crippen molar-refractivity contribution in [1.29, 1.82) is 0 Å². The fourth-order valence-corrected chi connectivity index (χ4v) is 2.99. The van der Waals surface area contributed by atoms with E-state index in [9.17, 15) is 4.79 Å². The van der Waals surface area contributed by atoms with Gasteiger partial charge in [0.2, 0.25) is 0 Å². The Labute approximate surface area is 133 Å². The summed E-state index contributed by atoms with van der Waals surface area (Å²) in [6.45, 7) is 3.18. The van der Waals surface area contributed by atoms with Crippen LogP contribution in [0.5, 0.6) is 0 Å². The van der Waals surface area contributed by atoms with E-state index in [1.165, 1.54) is 11.1 Å². The lowest BCUT2D eigenvalue weighted by Gasteiger charge is -2.28. The van der Waals surface area contributed by atoms with Crippen LogP contribution in [0.25, 0.3) is 11.1 Å². The Morgan fingerprint density at radius 1 is 1.22 bits per heavy atom. The van der Waals surface area contributed by atoms with Crippen molar-refractivity contribution in [2.75, 3.05) is 11.9 Å². The normalized spacial score (nSPS) is 13.9. The zero-order chi connectivity index (χ0) is 15.8. The van der Waals surface area contributed by atoms with Gasteiger partial charge in [-0.2, -0.15) is 0 Å². The summed E-state index contributed by atoms with van der Waals surface area (Å²) in [7, 11) is 0. The summed E-state index contributed by atoms with van der Waals surface area (Å²) in [6, 6.07) is 13.7. The van der Waals surface area contributed by atoms with Crippen LogP contribution < -0.4 is 5.32 Å². The van der Waals surface area contributed by atoms with Gasteiger partial charge >= 0.3 is 6.03 Å². The van der Waals surface area contributed by atoms with Gasteiger partial charge < -0.3 is 14.6 Å². The average molecular weight is 307 g/mol. The minimum atomic E-state index is -0.0879. The number of carbonyl (C=O) groups excluding carboxylic acids is 1. The number of carbonyl (C=O) groups is 1. The maximum atomic E-state index is 12.5. The van der Waals surface area contributed by atoms with Gasteiger partial charge in [-0.05, 0) is 29.7 Å². The van der Waals surface area contributed by atoms with Crippen molar-refractivity contribution in [1.82, 2.24) is 9.88 Å². The highest BCUT2D eigenvalue weighted by Crippen LogP contribution is 2.22. The summed E-state index contributed by atoms with van der Waals surface area (Å²) in [4.78, 5) is 18.6. The predicted molar refractivity (Wildman–Crippen MR) is 88.3 cm³/mol. The molecule has 1 aliphatic heterocycles. The van der Waals surface area contributed by atoms with Crippen molar-refractivity contribution in [3.05, 3.63) is 59.5 Å². The largest absolute Gasteiger partial charge is 0.441 e. The molecule has 4 rings (SSSR count). The number of oxazole rings is 1. The molecular weight excluding hydrogens is 290 g/mol. The van der Waals surface area contributed by atoms with Crippen LogP contribution in [-0.4, -0.2) is 22.5 Å². The Kier molecular flexibility index (Phi) is 3.26. The van der Waals surface area contributed by atoms with Gasteiger partial charge in [0.1, 0.15) is 5.52 Å². The minimum absolute atomic E-state index is 0.0879. The van der Waals surface area contributed by atoms with Crippen LogP contribution in [0, 0.1) is 6.92 Å². The summed E-state index contributed by atoms with van der Waals surface area (Å²) in [5, 5.41) is 2.94. The third-order valence-corrected chi connectivity index (χ3v) is 4.16. The zero-order valence-electron chi connectivity index (χ0n) is 12.9. The van der Waals surface area contributed by atoms with Gasteiger partial charge in [0.25, 0.3) is 0 Å². The number of urea groups is 1. The smallest absolute Gasteiger partial charge is 0.322 e. The quantitative estimate of drug-likeness (QED) is 0.745. The van der Waals surface area contributed by atoms with E-state index in [2.05, 4.69) is 22.4 Å². The molecule has 0 atom stereocenters. The molecule has 0 radical (unpaired) electrons. The van der Waals surface area contributed by atoms with E-state index in [4.69, 9.17) is 4.42 Å². The van der Waals surface area contributed by atoms with Crippen molar-refractivity contribution in [2.24, 2.45) is 0 Å². The molecule has 0 bridgehead atoms. The first-order valence-corrected chi connectivity index (χ1v) is 7.69. The predicted octanol–water partition coefficient (Wildman–Crippen LogP) is 3.73. The first-order valence-electron chi connectivity index (χ1n) is 7.69. The number of hydrogen-bond acceptors (Lipinski definition) is 3. The molecule has 1 aliphatic rings. The summed E-state index contributed by atoms with van der Waals surface area (Å²) in [6.07, 6.45) is 0.893. The molecule has 2 amide bonds. The molecule has 3 aromatic rings. The van der Waals surface area contributed by atoms with E-state index in [0.29, 0.717) is 18.0 Å². The second-order valence-electron chi connectivity index (χ2n) is 5.79. The molecule has 1 aromatic heterocycles. The molecular formula is C18H17N3O2. The number of aryl methyl sites for hydroxylation is 1. The van der Waals surface area contributed by atoms with Gasteiger partial charge in [0, 0.05) is 31.8 Å². The van der Waals surface area contributed by atoms with E-state index in [1.807, 2.05) is 42.2 Å². The van der Waals surface area contributed by atoms with Gasteiger partial charge in [0.15, 0.2) is 11.5 Å². The molecule has 116 valence electrons. The molecule has 0 saturated heterocycles. The lowest BCUT2D eigenvalue weighted by molar-refractivity contribution is 0.206. The molecule has 0 fully saturated rings. The first-order chi connectivity index (χ1) is 11.2. The lowest BCUT2D eigenvalue weighted by Crippen LogP contribution is -2.38. The Morgan fingerprint density at radius 2 is 2.04 bits per heavy atom. The van der Waals surface area contributed by atoms with Crippen LogP contribution >= 0.6 is 0 Å². The van der Waals surface area contributed by atoms with Crippen LogP contribution in [0.4, 0.5) is 10.5 Å². The molecule has 0 saturated carbocycles. The number of benzene rings is 2. The number of aromatic nitrogens is 1. The van der Waals surface area contributed by atoms with Gasteiger partial charge in [-0.15, -0.1) is 0 Å². The van der Waals surface area contributed by atoms with Crippen molar-refractivity contribution in [2.45, 2.75) is 19.9 Å². The number of nitrogens with zero attached hydrogens (tertiary/aromatic N) is 2. The van der Waals surface area contributed by atoms with Crippen LogP contribution in [-0.2, 0) is 13.0 Å². The maximum absolute atomic E-state index is 12.5. The Bertz CT molecular complexity index is 885. The second kappa shape index (κ2) is 5.43. The summed E-state index contributed by atoms with van der Waals surface area (Å²) < 4.78 is 5.51. The zero-order valence-corrected chi connectivity index (χ0v) is 12.9. The highest BCUT2D eigenvalue weighted by molar-refractivity contribution is 5.91. The molecule has 0 spiro atoms. The SMILES string of the molecule is Cc1nc2ccc(NC(=O)N3CCc4ccccc4C3)cc2o1. The fourth-order valence-electron chi connectivity index (χ4n) is 2.99. The van der Waals surface area contributed by atoms with E-state index in [1.54, 1.807) is 0 Å². The molecule has 0 aliphatic carbocycles. The van der Waals surface area contributed by atoms with Gasteiger partial charge in [-0.3, -0.25) is 0 Å². The molecule has 0 unspecified atom stereocenters. The number of rotatable bonds is 1. The van der Waals surface area contributed by atoms with Crippen LogP contribution in [0.3, 0.4) is 0 Å². The van der Waals surface area contributed by atoms with Crippen LogP contribution in [0.1, 0.15) is 17.0 Å². The van der Waals surface area contributed by atoms with Crippen molar-refractivity contribution >= 4 is 22.8 Å². The Morgan fingerprint density at radius 3 is 2.91 bits per heavy atom. The van der Waals surface area contributed by atoms with Gasteiger partial charge in [-0.25, -0.2) is 9.78 Å². The summed E-state index contributed by atoms with van der Waals surface area (Å²) in [5.74, 6) is 0.621. The van der Waals surface area contributed by atoms with Crippen molar-refractivity contribution < 1.29 is 9.21 Å². The van der Waals surface area contributed by atoms with Crippen molar-refractivity contribution in [3.8, 4) is 0 Å². The van der Waals surface area contributed by atoms with E-state index in [0.717, 1.165) is 24.2 Å². The summed E-state index contributed by atoms with van der Waals surface area (Å²) in [5.41, 5.74) is 4.75. The average Bonchev–Trinajstić information content (AvgIpc) is 2.93. The summed E-state index contributed by atoms with van der Waals surface area (Å²) >= 11 is 0.